The molecule has 5 rings (SSSR count). The van der Waals surface area contributed by atoms with Crippen molar-refractivity contribution in [3.8, 4) is 0 Å². The predicted molar refractivity (Wildman–Crippen MR) is 146 cm³/mol. The van der Waals surface area contributed by atoms with Crippen LogP contribution >= 0.6 is 0 Å². The molecule has 2 aliphatic heterocycles. The number of ether oxygens (including phenoxy) is 1. The Labute approximate surface area is 217 Å². The molecule has 188 valence electrons. The quantitative estimate of drug-likeness (QED) is 0.326. The number of carbonyl (C=O) groups is 1. The maximum atomic E-state index is 14.0. The van der Waals surface area contributed by atoms with Crippen molar-refractivity contribution in [2.24, 2.45) is 0 Å². The van der Waals surface area contributed by atoms with Crippen molar-refractivity contribution in [1.82, 2.24) is 4.31 Å². The summed E-state index contributed by atoms with van der Waals surface area (Å²) in [6.07, 6.45) is 6.80. The largest absolute Gasteiger partial charge is 0.463 e. The number of aryl methyl sites for hydroxylation is 2. The lowest BCUT2D eigenvalue weighted by molar-refractivity contribution is -0.137. The fraction of sp³-hybridized carbons (Fsp3) is 0.167. The summed E-state index contributed by atoms with van der Waals surface area (Å²) < 4.78 is 34.5. The van der Waals surface area contributed by atoms with Gasteiger partial charge in [-0.1, -0.05) is 71.8 Å². The van der Waals surface area contributed by atoms with E-state index < -0.39 is 22.0 Å². The summed E-state index contributed by atoms with van der Waals surface area (Å²) in [5, 5.41) is 0. The zero-order valence-corrected chi connectivity index (χ0v) is 21.8. The SMILES string of the molecule is CCOC(=O)/C=C1\[C@@H]2C=Cc3cc(C)ccc3N2C(c2ccccc2)=CN1S(=O)(=O)c1ccc(C)cc1. The Morgan fingerprint density at radius 2 is 1.68 bits per heavy atom. The van der Waals surface area contributed by atoms with Gasteiger partial charge in [0.15, 0.2) is 0 Å². The Morgan fingerprint density at radius 3 is 2.38 bits per heavy atom. The Hall–Kier alpha value is -4.10. The number of benzene rings is 3. The Morgan fingerprint density at radius 1 is 0.973 bits per heavy atom. The van der Waals surface area contributed by atoms with Crippen molar-refractivity contribution < 1.29 is 17.9 Å². The molecule has 0 N–H and O–H groups in total. The first-order valence-electron chi connectivity index (χ1n) is 12.1. The molecule has 1 atom stereocenters. The number of sulfonamides is 1. The average Bonchev–Trinajstić information content (AvgIpc) is 2.89. The van der Waals surface area contributed by atoms with E-state index in [1.54, 1.807) is 37.4 Å². The molecule has 6 nitrogen and oxygen atoms in total. The van der Waals surface area contributed by atoms with Crippen LogP contribution in [0.2, 0.25) is 0 Å². The molecule has 3 aromatic carbocycles. The van der Waals surface area contributed by atoms with Crippen molar-refractivity contribution in [1.29, 1.82) is 0 Å². The van der Waals surface area contributed by atoms with Gasteiger partial charge < -0.3 is 9.64 Å². The topological polar surface area (TPSA) is 66.9 Å². The normalized spacial score (nSPS) is 17.8. The Bertz CT molecular complexity index is 1540. The summed E-state index contributed by atoms with van der Waals surface area (Å²) in [6.45, 7) is 5.84. The molecule has 7 heteroatoms. The molecule has 3 aromatic rings. The van der Waals surface area contributed by atoms with Gasteiger partial charge in [0.25, 0.3) is 10.0 Å². The van der Waals surface area contributed by atoms with Crippen LogP contribution in [0.15, 0.2) is 102 Å². The van der Waals surface area contributed by atoms with Gasteiger partial charge in [0, 0.05) is 18.0 Å². The average molecular weight is 513 g/mol. The molecular formula is C30H28N2O4S. The molecular weight excluding hydrogens is 484 g/mol. The van der Waals surface area contributed by atoms with E-state index in [1.807, 2.05) is 68.5 Å². The van der Waals surface area contributed by atoms with Crippen LogP contribution in [0.4, 0.5) is 5.69 Å². The Balaban J connectivity index is 1.78. The van der Waals surface area contributed by atoms with Crippen LogP contribution in [0.5, 0.6) is 0 Å². The fourth-order valence-corrected chi connectivity index (χ4v) is 6.04. The summed E-state index contributed by atoms with van der Waals surface area (Å²) in [4.78, 5) is 14.9. The minimum atomic E-state index is -4.04. The molecule has 37 heavy (non-hydrogen) atoms. The smallest absolute Gasteiger partial charge is 0.332 e. The standard InChI is InChI=1S/C30H28N2O4S/c1-4-36-30(33)19-28-27-17-13-24-18-22(3)12-16-26(24)32(27)29(23-8-6-5-7-9-23)20-31(28)37(34,35)25-14-10-21(2)11-15-25/h5-20,27H,4H2,1-3H3/b28-19+/t27-/m0/s1. The molecule has 0 aromatic heterocycles. The van der Waals surface area contributed by atoms with E-state index in [-0.39, 0.29) is 11.5 Å². The summed E-state index contributed by atoms with van der Waals surface area (Å²) >= 11 is 0. The molecule has 0 aliphatic carbocycles. The van der Waals surface area contributed by atoms with Crippen LogP contribution in [0, 0.1) is 13.8 Å². The third-order valence-electron chi connectivity index (χ3n) is 6.44. The monoisotopic (exact) mass is 512 g/mol. The van der Waals surface area contributed by atoms with E-state index in [4.69, 9.17) is 4.74 Å². The van der Waals surface area contributed by atoms with Crippen LogP contribution in [0.1, 0.15) is 29.2 Å². The molecule has 0 fully saturated rings. The first-order valence-corrected chi connectivity index (χ1v) is 13.6. The lowest BCUT2D eigenvalue weighted by Crippen LogP contribution is -2.47. The van der Waals surface area contributed by atoms with E-state index >= 15 is 0 Å². The maximum Gasteiger partial charge on any atom is 0.332 e. The van der Waals surface area contributed by atoms with Crippen molar-refractivity contribution in [3.63, 3.8) is 0 Å². The van der Waals surface area contributed by atoms with Gasteiger partial charge in [-0.25, -0.2) is 17.5 Å². The molecule has 0 radical (unpaired) electrons. The molecule has 0 saturated carbocycles. The summed E-state index contributed by atoms with van der Waals surface area (Å²) in [7, 11) is -4.04. The van der Waals surface area contributed by atoms with Crippen molar-refractivity contribution >= 4 is 33.5 Å². The van der Waals surface area contributed by atoms with Crippen LogP contribution in [0.25, 0.3) is 11.8 Å². The Kier molecular flexibility index (Phi) is 6.48. The third-order valence-corrected chi connectivity index (χ3v) is 8.14. The number of hydrogen-bond acceptors (Lipinski definition) is 5. The van der Waals surface area contributed by atoms with E-state index in [1.165, 1.54) is 10.4 Å². The predicted octanol–water partition coefficient (Wildman–Crippen LogP) is 5.66. The van der Waals surface area contributed by atoms with Gasteiger partial charge in [0.05, 0.1) is 28.9 Å². The highest BCUT2D eigenvalue weighted by Crippen LogP contribution is 2.43. The maximum absolute atomic E-state index is 14.0. The molecule has 0 saturated heterocycles. The van der Waals surface area contributed by atoms with Crippen LogP contribution < -0.4 is 4.90 Å². The minimum Gasteiger partial charge on any atom is -0.463 e. The van der Waals surface area contributed by atoms with Gasteiger partial charge in [0.2, 0.25) is 0 Å². The number of rotatable bonds is 5. The molecule has 0 unspecified atom stereocenters. The number of fused-ring (bicyclic) bond motifs is 3. The number of anilines is 1. The fourth-order valence-electron chi connectivity index (χ4n) is 4.65. The highest BCUT2D eigenvalue weighted by molar-refractivity contribution is 7.89. The lowest BCUT2D eigenvalue weighted by Gasteiger charge is -2.45. The number of esters is 1. The van der Waals surface area contributed by atoms with Gasteiger partial charge in [-0.3, -0.25) is 0 Å². The van der Waals surface area contributed by atoms with Gasteiger partial charge in [-0.2, -0.15) is 0 Å². The first-order chi connectivity index (χ1) is 17.8. The number of hydrogen-bond donors (Lipinski definition) is 0. The van der Waals surface area contributed by atoms with Gasteiger partial charge in [-0.15, -0.1) is 0 Å². The highest BCUT2D eigenvalue weighted by Gasteiger charge is 2.40. The molecule has 0 spiro atoms. The summed E-state index contributed by atoms with van der Waals surface area (Å²) in [5.41, 5.74) is 5.87. The second-order valence-electron chi connectivity index (χ2n) is 9.05. The second-order valence-corrected chi connectivity index (χ2v) is 10.9. The summed E-state index contributed by atoms with van der Waals surface area (Å²) in [5.74, 6) is -0.596. The first kappa shape index (κ1) is 24.6. The highest BCUT2D eigenvalue weighted by atomic mass is 32.2. The van der Waals surface area contributed by atoms with Gasteiger partial charge in [0.1, 0.15) is 0 Å². The van der Waals surface area contributed by atoms with Crippen LogP contribution in [-0.4, -0.2) is 31.3 Å². The lowest BCUT2D eigenvalue weighted by atomic mass is 9.95. The number of nitrogens with zero attached hydrogens (tertiary/aromatic N) is 2. The van der Waals surface area contributed by atoms with Crippen molar-refractivity contribution in [2.75, 3.05) is 11.5 Å². The van der Waals surface area contributed by atoms with E-state index in [9.17, 15) is 13.2 Å². The van der Waals surface area contributed by atoms with E-state index in [0.29, 0.717) is 11.4 Å². The molecule has 2 aliphatic rings. The van der Waals surface area contributed by atoms with Gasteiger partial charge in [-0.05, 0) is 56.2 Å². The van der Waals surface area contributed by atoms with E-state index in [2.05, 4.69) is 11.0 Å². The van der Waals surface area contributed by atoms with Crippen LogP contribution in [-0.2, 0) is 19.6 Å². The van der Waals surface area contributed by atoms with Crippen molar-refractivity contribution in [3.05, 3.63) is 119 Å². The zero-order chi connectivity index (χ0) is 26.2. The molecule has 2 heterocycles. The van der Waals surface area contributed by atoms with Crippen molar-refractivity contribution in [2.45, 2.75) is 31.7 Å². The zero-order valence-electron chi connectivity index (χ0n) is 21.0. The minimum absolute atomic E-state index is 0.140. The van der Waals surface area contributed by atoms with Gasteiger partial charge >= 0.3 is 5.97 Å². The van der Waals surface area contributed by atoms with Crippen LogP contribution in [0.3, 0.4) is 0 Å². The molecule has 0 amide bonds. The van der Waals surface area contributed by atoms with E-state index in [0.717, 1.165) is 27.9 Å². The summed E-state index contributed by atoms with van der Waals surface area (Å²) in [6, 6.07) is 22.0. The number of carbonyl (C=O) groups excluding carboxylic acids is 1. The third kappa shape index (κ3) is 4.58. The second kappa shape index (κ2) is 9.75. The molecule has 0 bridgehead atoms.